The maximum absolute atomic E-state index is 13.2. The maximum Gasteiger partial charge on any atom is 0.407 e. The summed E-state index contributed by atoms with van der Waals surface area (Å²) in [6.45, 7) is 3.53. The fourth-order valence-corrected chi connectivity index (χ4v) is 2.40. The highest BCUT2D eigenvalue weighted by atomic mass is 79.9. The highest BCUT2D eigenvalue weighted by molar-refractivity contribution is 9.10. The molecule has 0 amide bonds. The van der Waals surface area contributed by atoms with Gasteiger partial charge < -0.3 is 5.11 Å². The molecule has 0 bridgehead atoms. The first-order chi connectivity index (χ1) is 9.61. The average Bonchev–Trinajstić information content (AvgIpc) is 2.31. The van der Waals surface area contributed by atoms with Crippen molar-refractivity contribution in [3.63, 3.8) is 0 Å². The van der Waals surface area contributed by atoms with Crippen molar-refractivity contribution in [3.05, 3.63) is 34.3 Å². The molecular formula is C14H17BrF3NO2. The predicted molar refractivity (Wildman–Crippen MR) is 77.0 cm³/mol. The van der Waals surface area contributed by atoms with E-state index in [1.165, 1.54) is 18.2 Å². The molecule has 0 aliphatic rings. The van der Waals surface area contributed by atoms with Gasteiger partial charge in [-0.1, -0.05) is 41.9 Å². The van der Waals surface area contributed by atoms with E-state index in [0.29, 0.717) is 4.47 Å². The van der Waals surface area contributed by atoms with Gasteiger partial charge in [0.15, 0.2) is 0 Å². The van der Waals surface area contributed by atoms with Crippen LogP contribution in [-0.2, 0) is 4.79 Å². The number of aliphatic carboxylic acids is 1. The molecular weight excluding hydrogens is 351 g/mol. The molecule has 0 unspecified atom stereocenters. The standard InChI is InChI=1S/C14H17BrF3NO2/c1-8(2)6-11(13(20)21)19-12(14(16,17)18)9-4-3-5-10(15)7-9/h3-5,7-8,11-12,19H,6H2,1-2H3,(H,20,21)/t11-,12+/m1/s1. The normalized spacial score (nSPS) is 15.0. The summed E-state index contributed by atoms with van der Waals surface area (Å²) < 4.78 is 40.2. The predicted octanol–water partition coefficient (Wildman–Crippen LogP) is 4.14. The fourth-order valence-electron chi connectivity index (χ4n) is 1.98. The molecule has 7 heteroatoms. The third-order valence-corrected chi connectivity index (χ3v) is 3.38. The molecule has 1 aromatic rings. The molecule has 2 N–H and O–H groups in total. The van der Waals surface area contributed by atoms with E-state index in [-0.39, 0.29) is 17.9 Å². The minimum Gasteiger partial charge on any atom is -0.480 e. The van der Waals surface area contributed by atoms with Gasteiger partial charge in [-0.3, -0.25) is 10.1 Å². The highest BCUT2D eigenvalue weighted by Crippen LogP contribution is 2.34. The Morgan fingerprint density at radius 1 is 1.38 bits per heavy atom. The molecule has 0 saturated heterocycles. The Balaban J connectivity index is 3.06. The summed E-state index contributed by atoms with van der Waals surface area (Å²) in [5.74, 6) is -1.32. The van der Waals surface area contributed by atoms with Gasteiger partial charge in [0.05, 0.1) is 0 Å². The third kappa shape index (κ3) is 5.67. The molecule has 2 atom stereocenters. The van der Waals surface area contributed by atoms with Gasteiger partial charge in [0.2, 0.25) is 0 Å². The summed E-state index contributed by atoms with van der Waals surface area (Å²) in [5.41, 5.74) is -0.0214. The van der Waals surface area contributed by atoms with E-state index in [2.05, 4.69) is 21.2 Å². The number of hydrogen-bond acceptors (Lipinski definition) is 2. The topological polar surface area (TPSA) is 49.3 Å². The van der Waals surface area contributed by atoms with E-state index in [1.807, 2.05) is 0 Å². The van der Waals surface area contributed by atoms with E-state index < -0.39 is 24.2 Å². The average molecular weight is 368 g/mol. The number of alkyl halides is 3. The van der Waals surface area contributed by atoms with Gasteiger partial charge in [-0.2, -0.15) is 13.2 Å². The lowest BCUT2D eigenvalue weighted by Gasteiger charge is -2.26. The Kier molecular flexibility index (Phi) is 6.22. The first-order valence-electron chi connectivity index (χ1n) is 6.42. The molecule has 1 aromatic carbocycles. The molecule has 0 heterocycles. The van der Waals surface area contributed by atoms with Crippen LogP contribution >= 0.6 is 15.9 Å². The zero-order chi connectivity index (χ0) is 16.2. The molecule has 3 nitrogen and oxygen atoms in total. The van der Waals surface area contributed by atoms with Crippen molar-refractivity contribution in [3.8, 4) is 0 Å². The van der Waals surface area contributed by atoms with Gasteiger partial charge >= 0.3 is 12.1 Å². The van der Waals surface area contributed by atoms with Crippen LogP contribution in [-0.4, -0.2) is 23.3 Å². The van der Waals surface area contributed by atoms with Crippen LogP contribution in [0.2, 0.25) is 0 Å². The zero-order valence-electron chi connectivity index (χ0n) is 11.6. The molecule has 0 aliphatic heterocycles. The van der Waals surface area contributed by atoms with Crippen LogP contribution in [0.15, 0.2) is 28.7 Å². The molecule has 0 aromatic heterocycles. The molecule has 0 fully saturated rings. The summed E-state index contributed by atoms with van der Waals surface area (Å²) >= 11 is 3.12. The second-order valence-electron chi connectivity index (χ2n) is 5.22. The van der Waals surface area contributed by atoms with Crippen LogP contribution in [0.5, 0.6) is 0 Å². The first-order valence-corrected chi connectivity index (χ1v) is 7.21. The smallest absolute Gasteiger partial charge is 0.407 e. The van der Waals surface area contributed by atoms with Gasteiger partial charge in [-0.15, -0.1) is 0 Å². The van der Waals surface area contributed by atoms with Gasteiger partial charge in [-0.05, 0) is 30.0 Å². The number of hydrogen-bond donors (Lipinski definition) is 2. The molecule has 0 radical (unpaired) electrons. The lowest BCUT2D eigenvalue weighted by atomic mass is 10.0. The van der Waals surface area contributed by atoms with E-state index >= 15 is 0 Å². The number of carbonyl (C=O) groups is 1. The third-order valence-electron chi connectivity index (χ3n) is 2.88. The van der Waals surface area contributed by atoms with Crippen LogP contribution in [0.4, 0.5) is 13.2 Å². The van der Waals surface area contributed by atoms with E-state index in [9.17, 15) is 18.0 Å². The van der Waals surface area contributed by atoms with Crippen molar-refractivity contribution < 1.29 is 23.1 Å². The Morgan fingerprint density at radius 2 is 2.00 bits per heavy atom. The van der Waals surface area contributed by atoms with Crippen LogP contribution in [0.3, 0.4) is 0 Å². The maximum atomic E-state index is 13.2. The van der Waals surface area contributed by atoms with Gasteiger partial charge in [0.1, 0.15) is 12.1 Å². The Labute approximate surface area is 129 Å². The minimum atomic E-state index is -4.58. The number of halogens is 4. The quantitative estimate of drug-likeness (QED) is 0.794. The molecule has 118 valence electrons. The molecule has 0 aliphatic carbocycles. The monoisotopic (exact) mass is 367 g/mol. The van der Waals surface area contributed by atoms with Crippen LogP contribution in [0.1, 0.15) is 31.9 Å². The molecule has 0 saturated carbocycles. The Morgan fingerprint density at radius 3 is 2.43 bits per heavy atom. The summed E-state index contributed by atoms with van der Waals surface area (Å²) in [7, 11) is 0. The largest absolute Gasteiger partial charge is 0.480 e. The van der Waals surface area contributed by atoms with Gasteiger partial charge in [0, 0.05) is 4.47 Å². The number of carboxylic acid groups (broad SMARTS) is 1. The summed E-state index contributed by atoms with van der Waals surface area (Å²) in [6, 6.07) is 2.48. The van der Waals surface area contributed by atoms with Crippen LogP contribution in [0, 0.1) is 5.92 Å². The second kappa shape index (κ2) is 7.26. The number of nitrogens with one attached hydrogen (secondary N) is 1. The van der Waals surface area contributed by atoms with E-state index in [1.54, 1.807) is 19.9 Å². The first kappa shape index (κ1) is 18.0. The highest BCUT2D eigenvalue weighted by Gasteiger charge is 2.42. The zero-order valence-corrected chi connectivity index (χ0v) is 13.2. The van der Waals surface area contributed by atoms with Gasteiger partial charge in [-0.25, -0.2) is 0 Å². The minimum absolute atomic E-state index is 0.0214. The number of rotatable bonds is 6. The Hall–Kier alpha value is -1.08. The van der Waals surface area contributed by atoms with Crippen molar-refractivity contribution in [2.75, 3.05) is 0 Å². The summed E-state index contributed by atoms with van der Waals surface area (Å²) in [4.78, 5) is 11.2. The molecule has 21 heavy (non-hydrogen) atoms. The SMILES string of the molecule is CC(C)C[C@@H](N[C@@H](c1cccc(Br)c1)C(F)(F)F)C(=O)O. The summed E-state index contributed by atoms with van der Waals surface area (Å²) in [6.07, 6.45) is -4.46. The second-order valence-corrected chi connectivity index (χ2v) is 6.13. The fraction of sp³-hybridized carbons (Fsp3) is 0.500. The number of benzene rings is 1. The lowest BCUT2D eigenvalue weighted by molar-refractivity contribution is -0.163. The van der Waals surface area contributed by atoms with Crippen molar-refractivity contribution in [2.45, 2.75) is 38.5 Å². The van der Waals surface area contributed by atoms with Gasteiger partial charge in [0.25, 0.3) is 0 Å². The molecule has 0 spiro atoms. The van der Waals surface area contributed by atoms with Crippen molar-refractivity contribution in [1.82, 2.24) is 5.32 Å². The van der Waals surface area contributed by atoms with Crippen molar-refractivity contribution in [2.24, 2.45) is 5.92 Å². The van der Waals surface area contributed by atoms with Crippen LogP contribution in [0.25, 0.3) is 0 Å². The lowest BCUT2D eigenvalue weighted by Crippen LogP contribution is -2.45. The number of carboxylic acids is 1. The summed E-state index contributed by atoms with van der Waals surface area (Å²) in [5, 5.41) is 11.3. The van der Waals surface area contributed by atoms with E-state index in [4.69, 9.17) is 5.11 Å². The molecule has 1 rings (SSSR count). The van der Waals surface area contributed by atoms with Crippen LogP contribution < -0.4 is 5.32 Å². The van der Waals surface area contributed by atoms with Crippen molar-refractivity contribution in [1.29, 1.82) is 0 Å². The van der Waals surface area contributed by atoms with Crippen molar-refractivity contribution >= 4 is 21.9 Å². The Bertz CT molecular complexity index is 491. The van der Waals surface area contributed by atoms with E-state index in [0.717, 1.165) is 0 Å².